The number of hydrazine groups is 1. The molecule has 0 fully saturated rings. The predicted octanol–water partition coefficient (Wildman–Crippen LogP) is 2.32. The molecular weight excluding hydrogens is 466 g/mol. The van der Waals surface area contributed by atoms with Gasteiger partial charge in [0.1, 0.15) is 17.6 Å². The van der Waals surface area contributed by atoms with E-state index in [4.69, 9.17) is 25.4 Å². The van der Waals surface area contributed by atoms with Crippen LogP contribution in [0.5, 0.6) is 23.0 Å². The number of phenolic OH excluding ortho intramolecular Hbond substituents is 1. The maximum Gasteiger partial charge on any atom is 0.269 e. The molecule has 3 aromatic carbocycles. The topological polar surface area (TPSA) is 168 Å². The van der Waals surface area contributed by atoms with Crippen molar-refractivity contribution in [3.8, 4) is 23.0 Å². The van der Waals surface area contributed by atoms with Gasteiger partial charge in [0.05, 0.1) is 21.3 Å². The molecule has 3 rings (SSSR count). The minimum absolute atomic E-state index is 0.0121. The van der Waals surface area contributed by atoms with Crippen LogP contribution in [0.25, 0.3) is 0 Å². The van der Waals surface area contributed by atoms with Gasteiger partial charge < -0.3 is 30.4 Å². The first-order chi connectivity index (χ1) is 17.3. The number of anilines is 1. The van der Waals surface area contributed by atoms with E-state index in [1.54, 1.807) is 36.4 Å². The van der Waals surface area contributed by atoms with E-state index < -0.39 is 17.9 Å². The van der Waals surface area contributed by atoms with E-state index in [-0.39, 0.29) is 17.1 Å². The number of amidine groups is 1. The standard InChI is InChI=1S/C25H27N5O6/c1-34-19-12-16(13-20(35-2)22(19)36-3)21(28-17-8-4-14(5-9-17)23(26)27)25(33)30-29-24(32)15-6-10-18(31)11-7-15/h4-13,21,28,31H,1-3H3,(H3,26,27)(H,29,32)(H,30,33). The SMILES string of the molecule is COc1cc(C(Nc2ccc(C(=N)N)cc2)C(=O)NNC(=O)c2ccc(O)cc2)cc(OC)c1OC. The monoisotopic (exact) mass is 493 g/mol. The third-order valence-electron chi connectivity index (χ3n) is 5.22. The molecule has 36 heavy (non-hydrogen) atoms. The predicted molar refractivity (Wildman–Crippen MR) is 134 cm³/mol. The Morgan fingerprint density at radius 1 is 0.861 bits per heavy atom. The molecule has 0 heterocycles. The molecule has 0 aliphatic rings. The maximum atomic E-state index is 13.3. The van der Waals surface area contributed by atoms with E-state index in [1.807, 2.05) is 0 Å². The highest BCUT2D eigenvalue weighted by molar-refractivity contribution is 5.97. The molecule has 3 aromatic rings. The van der Waals surface area contributed by atoms with Crippen molar-refractivity contribution >= 4 is 23.3 Å². The number of methoxy groups -OCH3 is 3. The molecule has 11 nitrogen and oxygen atoms in total. The number of nitrogen functional groups attached to an aromatic ring is 1. The quantitative estimate of drug-likeness (QED) is 0.150. The lowest BCUT2D eigenvalue weighted by molar-refractivity contribution is -0.122. The van der Waals surface area contributed by atoms with Crippen LogP contribution in [-0.2, 0) is 4.79 Å². The van der Waals surface area contributed by atoms with Crippen LogP contribution in [0.1, 0.15) is 27.5 Å². The molecule has 0 bridgehead atoms. The van der Waals surface area contributed by atoms with E-state index in [1.165, 1.54) is 45.6 Å². The van der Waals surface area contributed by atoms with Gasteiger partial charge in [0.2, 0.25) is 5.75 Å². The van der Waals surface area contributed by atoms with Crippen molar-refractivity contribution < 1.29 is 28.9 Å². The number of hydrogen-bond acceptors (Lipinski definition) is 8. The minimum atomic E-state index is -1.01. The molecule has 0 aliphatic heterocycles. The zero-order chi connectivity index (χ0) is 26.2. The first kappa shape index (κ1) is 25.7. The molecule has 7 N–H and O–H groups in total. The smallest absolute Gasteiger partial charge is 0.269 e. The number of nitrogens with one attached hydrogen (secondary N) is 4. The van der Waals surface area contributed by atoms with Gasteiger partial charge in [-0.15, -0.1) is 0 Å². The summed E-state index contributed by atoms with van der Waals surface area (Å²) in [5, 5.41) is 20.1. The second kappa shape index (κ2) is 11.5. The van der Waals surface area contributed by atoms with E-state index in [0.29, 0.717) is 34.1 Å². The Kier molecular flexibility index (Phi) is 8.18. The van der Waals surface area contributed by atoms with Gasteiger partial charge in [0.15, 0.2) is 11.5 Å². The van der Waals surface area contributed by atoms with Gasteiger partial charge in [-0.1, -0.05) is 0 Å². The zero-order valence-electron chi connectivity index (χ0n) is 19.9. The van der Waals surface area contributed by atoms with Crippen LogP contribution in [0.4, 0.5) is 5.69 Å². The average Bonchev–Trinajstić information content (AvgIpc) is 2.89. The van der Waals surface area contributed by atoms with E-state index in [2.05, 4.69) is 16.2 Å². The normalized spacial score (nSPS) is 11.1. The minimum Gasteiger partial charge on any atom is -0.508 e. The Morgan fingerprint density at radius 2 is 1.42 bits per heavy atom. The average molecular weight is 494 g/mol. The van der Waals surface area contributed by atoms with Gasteiger partial charge in [0.25, 0.3) is 11.8 Å². The molecule has 0 saturated carbocycles. The van der Waals surface area contributed by atoms with Gasteiger partial charge in [-0.25, -0.2) is 0 Å². The van der Waals surface area contributed by atoms with Crippen molar-refractivity contribution in [3.05, 3.63) is 77.4 Å². The Labute approximate surface area is 207 Å². The Balaban J connectivity index is 1.92. The fourth-order valence-electron chi connectivity index (χ4n) is 3.36. The molecule has 0 aromatic heterocycles. The van der Waals surface area contributed by atoms with Gasteiger partial charge in [0, 0.05) is 16.8 Å². The summed E-state index contributed by atoms with van der Waals surface area (Å²) < 4.78 is 16.2. The number of carbonyl (C=O) groups is 2. The first-order valence-corrected chi connectivity index (χ1v) is 10.7. The summed E-state index contributed by atoms with van der Waals surface area (Å²) in [6.45, 7) is 0. The van der Waals surface area contributed by atoms with E-state index in [9.17, 15) is 14.7 Å². The fourth-order valence-corrected chi connectivity index (χ4v) is 3.36. The Morgan fingerprint density at radius 3 is 1.92 bits per heavy atom. The summed E-state index contributed by atoms with van der Waals surface area (Å²) in [6.07, 6.45) is 0. The fraction of sp³-hybridized carbons (Fsp3) is 0.160. The summed E-state index contributed by atoms with van der Waals surface area (Å²) >= 11 is 0. The van der Waals surface area contributed by atoms with Crippen LogP contribution in [0.2, 0.25) is 0 Å². The molecule has 0 radical (unpaired) electrons. The first-order valence-electron chi connectivity index (χ1n) is 10.7. The summed E-state index contributed by atoms with van der Waals surface area (Å²) in [4.78, 5) is 25.7. The Bertz CT molecular complexity index is 1220. The van der Waals surface area contributed by atoms with Crippen LogP contribution >= 0.6 is 0 Å². The third kappa shape index (κ3) is 5.95. The van der Waals surface area contributed by atoms with Crippen LogP contribution in [0.3, 0.4) is 0 Å². The molecule has 188 valence electrons. The van der Waals surface area contributed by atoms with Crippen molar-refractivity contribution in [1.82, 2.24) is 10.9 Å². The van der Waals surface area contributed by atoms with Crippen LogP contribution in [0, 0.1) is 5.41 Å². The van der Waals surface area contributed by atoms with Crippen molar-refractivity contribution in [2.24, 2.45) is 5.73 Å². The number of amides is 2. The van der Waals surface area contributed by atoms with Crippen molar-refractivity contribution in [2.75, 3.05) is 26.6 Å². The number of phenols is 1. The highest BCUT2D eigenvalue weighted by Gasteiger charge is 2.25. The second-order valence-corrected chi connectivity index (χ2v) is 7.52. The van der Waals surface area contributed by atoms with Gasteiger partial charge in [-0.3, -0.25) is 25.8 Å². The van der Waals surface area contributed by atoms with Crippen molar-refractivity contribution in [3.63, 3.8) is 0 Å². The third-order valence-corrected chi connectivity index (χ3v) is 5.22. The number of rotatable bonds is 9. The molecule has 0 spiro atoms. The lowest BCUT2D eigenvalue weighted by Gasteiger charge is -2.22. The molecule has 2 amide bonds. The van der Waals surface area contributed by atoms with Crippen molar-refractivity contribution in [2.45, 2.75) is 6.04 Å². The molecule has 1 atom stereocenters. The number of nitrogens with two attached hydrogens (primary N) is 1. The van der Waals surface area contributed by atoms with Crippen molar-refractivity contribution in [1.29, 1.82) is 5.41 Å². The number of hydrogen-bond donors (Lipinski definition) is 6. The lowest BCUT2D eigenvalue weighted by Crippen LogP contribution is -2.45. The summed E-state index contributed by atoms with van der Waals surface area (Å²) in [5.41, 5.74) is 12.1. The largest absolute Gasteiger partial charge is 0.508 e. The summed E-state index contributed by atoms with van der Waals surface area (Å²) in [7, 11) is 4.39. The summed E-state index contributed by atoms with van der Waals surface area (Å²) in [5.74, 6) is -0.201. The number of benzene rings is 3. The number of carbonyl (C=O) groups excluding carboxylic acids is 2. The zero-order valence-corrected chi connectivity index (χ0v) is 19.9. The highest BCUT2D eigenvalue weighted by atomic mass is 16.5. The van der Waals surface area contributed by atoms with Gasteiger partial charge in [-0.05, 0) is 66.2 Å². The highest BCUT2D eigenvalue weighted by Crippen LogP contribution is 2.40. The number of aromatic hydroxyl groups is 1. The number of ether oxygens (including phenoxy) is 3. The molecule has 0 aliphatic carbocycles. The Hall–Kier alpha value is -4.93. The molecule has 0 saturated heterocycles. The van der Waals surface area contributed by atoms with Gasteiger partial charge >= 0.3 is 0 Å². The van der Waals surface area contributed by atoms with Crippen LogP contribution < -0.4 is 36.1 Å². The second-order valence-electron chi connectivity index (χ2n) is 7.52. The summed E-state index contributed by atoms with van der Waals surface area (Å²) in [6, 6.07) is 14.4. The van der Waals surface area contributed by atoms with Crippen LogP contribution in [0.15, 0.2) is 60.7 Å². The molecular formula is C25H27N5O6. The molecule has 1 unspecified atom stereocenters. The molecule has 11 heteroatoms. The van der Waals surface area contributed by atoms with E-state index in [0.717, 1.165) is 0 Å². The van der Waals surface area contributed by atoms with Gasteiger partial charge in [-0.2, -0.15) is 0 Å². The van der Waals surface area contributed by atoms with E-state index >= 15 is 0 Å². The van der Waals surface area contributed by atoms with Crippen LogP contribution in [-0.4, -0.2) is 44.1 Å². The lowest BCUT2D eigenvalue weighted by atomic mass is 10.0. The maximum absolute atomic E-state index is 13.3.